The Morgan fingerprint density at radius 3 is 2.63 bits per heavy atom. The number of aromatic nitrogens is 5. The number of hydrogen-bond donors (Lipinski definition) is 1. The van der Waals surface area contributed by atoms with Gasteiger partial charge in [-0.1, -0.05) is 5.16 Å². The van der Waals surface area contributed by atoms with Crippen LogP contribution in [0.25, 0.3) is 23.1 Å². The first-order valence-corrected chi connectivity index (χ1v) is 6.47. The lowest BCUT2D eigenvalue weighted by molar-refractivity contribution is 0.308. The zero-order valence-electron chi connectivity index (χ0n) is 9.04. The molecule has 0 unspecified atom stereocenters. The molecule has 0 aromatic carbocycles. The van der Waals surface area contributed by atoms with Crippen molar-refractivity contribution < 1.29 is 9.15 Å². The van der Waals surface area contributed by atoms with E-state index in [4.69, 9.17) is 10.3 Å². The molecule has 0 aliphatic carbocycles. The molecule has 19 heavy (non-hydrogen) atoms. The molecule has 3 aromatic heterocycles. The Balaban J connectivity index is 2.04. The third-order valence-electron chi connectivity index (χ3n) is 2.16. The highest BCUT2D eigenvalue weighted by Gasteiger charge is 2.19. The molecule has 0 fully saturated rings. The minimum atomic E-state index is 0.0815. The van der Waals surface area contributed by atoms with E-state index in [1.165, 1.54) is 0 Å². The van der Waals surface area contributed by atoms with Crippen LogP contribution in [0.2, 0.25) is 0 Å². The molecule has 8 nitrogen and oxygen atoms in total. The molecule has 96 valence electrons. The predicted molar refractivity (Wildman–Crippen MR) is 70.6 cm³/mol. The molecule has 3 rings (SSSR count). The van der Waals surface area contributed by atoms with Gasteiger partial charge in [-0.15, -0.1) is 0 Å². The number of rotatable bonds is 2. The van der Waals surface area contributed by atoms with E-state index in [2.05, 4.69) is 61.9 Å². The van der Waals surface area contributed by atoms with Crippen molar-refractivity contribution in [3.05, 3.63) is 21.2 Å². The van der Waals surface area contributed by atoms with E-state index in [1.807, 2.05) is 6.07 Å². The van der Waals surface area contributed by atoms with Crippen LogP contribution in [-0.4, -0.2) is 25.4 Å². The minimum Gasteiger partial charge on any atom is -0.379 e. The van der Waals surface area contributed by atoms with E-state index < -0.39 is 0 Å². The van der Waals surface area contributed by atoms with Crippen molar-refractivity contribution in [2.75, 3.05) is 5.73 Å². The van der Waals surface area contributed by atoms with E-state index in [0.717, 1.165) is 8.95 Å². The first kappa shape index (κ1) is 12.2. The Hall–Kier alpha value is -1.81. The van der Waals surface area contributed by atoms with E-state index in [-0.39, 0.29) is 17.4 Å². The predicted octanol–water partition coefficient (Wildman–Crippen LogP) is 2.29. The second kappa shape index (κ2) is 4.70. The summed E-state index contributed by atoms with van der Waals surface area (Å²) in [6.45, 7) is 0. The second-order valence-electron chi connectivity index (χ2n) is 3.41. The summed E-state index contributed by atoms with van der Waals surface area (Å²) >= 11 is 6.68. The van der Waals surface area contributed by atoms with Gasteiger partial charge in [-0.05, 0) is 48.2 Å². The van der Waals surface area contributed by atoms with Gasteiger partial charge in [0.1, 0.15) is 5.69 Å². The van der Waals surface area contributed by atoms with E-state index in [9.17, 15) is 0 Å². The van der Waals surface area contributed by atoms with Gasteiger partial charge in [0.15, 0.2) is 0 Å². The average Bonchev–Trinajstić information content (AvgIpc) is 2.97. The first-order valence-electron chi connectivity index (χ1n) is 4.88. The van der Waals surface area contributed by atoms with Crippen LogP contribution in [0, 0.1) is 0 Å². The number of hydrogen-bond acceptors (Lipinski definition) is 8. The monoisotopic (exact) mass is 386 g/mol. The van der Waals surface area contributed by atoms with Crippen LogP contribution < -0.4 is 5.73 Å². The summed E-state index contributed by atoms with van der Waals surface area (Å²) in [7, 11) is 0. The molecule has 10 heteroatoms. The molecule has 0 aliphatic heterocycles. The Morgan fingerprint density at radius 1 is 1.11 bits per heavy atom. The maximum Gasteiger partial charge on any atom is 0.284 e. The Kier molecular flexibility index (Phi) is 3.03. The van der Waals surface area contributed by atoms with Crippen LogP contribution in [0.4, 0.5) is 5.82 Å². The second-order valence-corrected chi connectivity index (χ2v) is 5.18. The van der Waals surface area contributed by atoms with Gasteiger partial charge < -0.3 is 10.3 Å². The van der Waals surface area contributed by atoms with Crippen molar-refractivity contribution in [2.24, 2.45) is 0 Å². The fraction of sp³-hybridized carbons (Fsp3) is 0. The van der Waals surface area contributed by atoms with E-state index >= 15 is 0 Å². The Labute approximate surface area is 122 Å². The minimum absolute atomic E-state index is 0.0815. The molecule has 0 bridgehead atoms. The molecule has 3 aromatic rings. The highest BCUT2D eigenvalue weighted by Crippen LogP contribution is 2.28. The zero-order valence-corrected chi connectivity index (χ0v) is 12.2. The molecule has 0 amide bonds. The zero-order chi connectivity index (χ0) is 13.4. The van der Waals surface area contributed by atoms with Crippen LogP contribution >= 0.6 is 31.9 Å². The maximum absolute atomic E-state index is 5.54. The van der Waals surface area contributed by atoms with Gasteiger partial charge in [-0.3, -0.25) is 4.98 Å². The van der Waals surface area contributed by atoms with Crippen molar-refractivity contribution in [1.29, 1.82) is 0 Å². The van der Waals surface area contributed by atoms with Crippen LogP contribution in [0.15, 0.2) is 30.4 Å². The van der Waals surface area contributed by atoms with Gasteiger partial charge in [0, 0.05) is 15.1 Å². The molecule has 2 N–H and O–H groups in total. The van der Waals surface area contributed by atoms with Crippen LogP contribution in [0.3, 0.4) is 0 Å². The van der Waals surface area contributed by atoms with Gasteiger partial charge in [-0.2, -0.15) is 4.98 Å². The molecule has 0 atom stereocenters. The third kappa shape index (κ3) is 2.24. The van der Waals surface area contributed by atoms with Crippen molar-refractivity contribution in [2.45, 2.75) is 0 Å². The lowest BCUT2D eigenvalue weighted by Gasteiger charge is -1.97. The Morgan fingerprint density at radius 2 is 1.95 bits per heavy atom. The summed E-state index contributed by atoms with van der Waals surface area (Å²) in [5.74, 6) is 0.500. The quantitative estimate of drug-likeness (QED) is 0.711. The van der Waals surface area contributed by atoms with Gasteiger partial charge >= 0.3 is 0 Å². The van der Waals surface area contributed by atoms with E-state index in [0.29, 0.717) is 11.5 Å². The van der Waals surface area contributed by atoms with Gasteiger partial charge in [0.25, 0.3) is 5.89 Å². The van der Waals surface area contributed by atoms with Gasteiger partial charge in [0.2, 0.25) is 17.3 Å². The topological polar surface area (TPSA) is 117 Å². The van der Waals surface area contributed by atoms with Crippen molar-refractivity contribution in [3.8, 4) is 23.1 Å². The maximum atomic E-state index is 5.54. The number of nitrogens with zero attached hydrogens (tertiary/aromatic N) is 5. The smallest absolute Gasteiger partial charge is 0.284 e. The lowest BCUT2D eigenvalue weighted by Crippen LogP contribution is -1.90. The molecule has 0 radical (unpaired) electrons. The van der Waals surface area contributed by atoms with Crippen LogP contribution in [0.1, 0.15) is 0 Å². The number of anilines is 1. The molecular weight excluding hydrogens is 384 g/mol. The molecule has 0 aliphatic rings. The standard InChI is InChI=1S/C9H4Br2N6O2/c10-3-1-4(11)5(13-2-3)8-14-9(18-17-8)6-7(12)16-19-15-6/h1-2H,(H2,12,16). The number of halogens is 2. The highest BCUT2D eigenvalue weighted by molar-refractivity contribution is 9.11. The summed E-state index contributed by atoms with van der Waals surface area (Å²) in [5, 5.41) is 10.8. The summed E-state index contributed by atoms with van der Waals surface area (Å²) < 4.78 is 11.1. The summed E-state index contributed by atoms with van der Waals surface area (Å²) in [5.41, 5.74) is 6.28. The lowest BCUT2D eigenvalue weighted by atomic mass is 10.3. The number of nitrogen functional groups attached to an aromatic ring is 1. The van der Waals surface area contributed by atoms with Crippen molar-refractivity contribution >= 4 is 37.7 Å². The van der Waals surface area contributed by atoms with E-state index in [1.54, 1.807) is 6.20 Å². The highest BCUT2D eigenvalue weighted by atomic mass is 79.9. The fourth-order valence-electron chi connectivity index (χ4n) is 1.34. The van der Waals surface area contributed by atoms with Gasteiger partial charge in [-0.25, -0.2) is 4.63 Å². The first-order chi connectivity index (χ1) is 9.15. The number of nitrogens with two attached hydrogens (primary N) is 1. The third-order valence-corrected chi connectivity index (χ3v) is 3.20. The molecular formula is C9H4Br2N6O2. The molecule has 0 saturated carbocycles. The summed E-state index contributed by atoms with van der Waals surface area (Å²) in [6, 6.07) is 1.82. The van der Waals surface area contributed by atoms with Crippen LogP contribution in [-0.2, 0) is 0 Å². The molecule has 0 saturated heterocycles. The summed E-state index contributed by atoms with van der Waals surface area (Å²) in [4.78, 5) is 8.34. The number of pyridine rings is 1. The van der Waals surface area contributed by atoms with Crippen molar-refractivity contribution in [1.82, 2.24) is 25.4 Å². The normalized spacial score (nSPS) is 10.8. The molecule has 0 spiro atoms. The van der Waals surface area contributed by atoms with Crippen LogP contribution in [0.5, 0.6) is 0 Å². The average molecular weight is 388 g/mol. The Bertz CT molecular complexity index is 740. The molecule has 3 heterocycles. The van der Waals surface area contributed by atoms with Gasteiger partial charge in [0.05, 0.1) is 0 Å². The fourth-order valence-corrected chi connectivity index (χ4v) is 2.50. The van der Waals surface area contributed by atoms with Crippen molar-refractivity contribution in [3.63, 3.8) is 0 Å². The summed E-state index contributed by atoms with van der Waals surface area (Å²) in [6.07, 6.45) is 1.63. The largest absolute Gasteiger partial charge is 0.379 e. The SMILES string of the molecule is Nc1nonc1-c1nc(-c2ncc(Br)cc2Br)no1.